The number of imidazole rings is 1. The number of likely N-dealkylation sites (tertiary alicyclic amines) is 1. The summed E-state index contributed by atoms with van der Waals surface area (Å²) in [5.74, 6) is 0.381. The van der Waals surface area contributed by atoms with Crippen molar-refractivity contribution < 1.29 is 24.2 Å². The topological polar surface area (TPSA) is 128 Å². The molecule has 1 aliphatic heterocycles. The third-order valence-electron chi connectivity index (χ3n) is 7.71. The van der Waals surface area contributed by atoms with Crippen LogP contribution in [0.4, 0.5) is 4.79 Å². The number of pyridine rings is 1. The van der Waals surface area contributed by atoms with Crippen LogP contribution in [-0.4, -0.2) is 72.6 Å². The Morgan fingerprint density at radius 1 is 1.11 bits per heavy atom. The molecule has 1 aromatic carbocycles. The second-order valence-corrected chi connectivity index (χ2v) is 14.3. The van der Waals surface area contributed by atoms with Gasteiger partial charge in [-0.1, -0.05) is 6.07 Å². The van der Waals surface area contributed by atoms with Gasteiger partial charge >= 0.3 is 12.1 Å². The number of hydrogen-bond donors (Lipinski definition) is 2. The fourth-order valence-electron chi connectivity index (χ4n) is 5.69. The van der Waals surface area contributed by atoms with Gasteiger partial charge < -0.3 is 28.6 Å². The fourth-order valence-corrected chi connectivity index (χ4v) is 5.69. The molecule has 246 valence electrons. The van der Waals surface area contributed by atoms with Crippen molar-refractivity contribution >= 4 is 23.1 Å². The molecule has 0 spiro atoms. The lowest BCUT2D eigenvalue weighted by Gasteiger charge is -2.34. The second-order valence-electron chi connectivity index (χ2n) is 14.3. The lowest BCUT2D eigenvalue weighted by atomic mass is 9.98. The van der Waals surface area contributed by atoms with Crippen LogP contribution in [0.2, 0.25) is 0 Å². The molecule has 3 atom stereocenters. The van der Waals surface area contributed by atoms with E-state index in [2.05, 4.69) is 9.88 Å². The number of aliphatic hydroxyl groups is 1. The van der Waals surface area contributed by atoms with Crippen LogP contribution < -0.4 is 10.9 Å². The Morgan fingerprint density at radius 3 is 2.42 bits per heavy atom. The zero-order valence-corrected chi connectivity index (χ0v) is 28.1. The molecule has 2 aromatic heterocycles. The smallest absolute Gasteiger partial charge is 0.410 e. The number of esters is 1. The predicted octanol–water partition coefficient (Wildman–Crippen LogP) is 4.54. The van der Waals surface area contributed by atoms with E-state index in [0.717, 1.165) is 40.8 Å². The monoisotopic (exact) mass is 623 g/mol. The summed E-state index contributed by atoms with van der Waals surface area (Å²) in [6.45, 7) is 16.5. The average molecular weight is 624 g/mol. The molecule has 2 N–H and O–H groups in total. The van der Waals surface area contributed by atoms with E-state index >= 15 is 0 Å². The highest BCUT2D eigenvalue weighted by molar-refractivity contribution is 5.81. The van der Waals surface area contributed by atoms with Gasteiger partial charge in [0.25, 0.3) is 5.56 Å². The second kappa shape index (κ2) is 13.3. The molecular weight excluding hydrogens is 574 g/mol. The van der Waals surface area contributed by atoms with Crippen molar-refractivity contribution in [1.82, 2.24) is 24.3 Å². The number of aryl methyl sites for hydroxylation is 2. The molecule has 1 aliphatic rings. The van der Waals surface area contributed by atoms with Crippen LogP contribution in [0.15, 0.2) is 35.3 Å². The van der Waals surface area contributed by atoms with Crippen molar-refractivity contribution in [2.24, 2.45) is 13.0 Å². The summed E-state index contributed by atoms with van der Waals surface area (Å²) in [7, 11) is 1.73. The number of carbonyl (C=O) groups excluding carboxylic acids is 2. The van der Waals surface area contributed by atoms with E-state index in [0.29, 0.717) is 31.7 Å². The number of hydrogen-bond acceptors (Lipinski definition) is 8. The van der Waals surface area contributed by atoms with Crippen LogP contribution in [0, 0.1) is 12.8 Å². The van der Waals surface area contributed by atoms with Gasteiger partial charge in [-0.2, -0.15) is 0 Å². The lowest BCUT2D eigenvalue weighted by Crippen LogP contribution is -2.47. The first kappa shape index (κ1) is 34.2. The van der Waals surface area contributed by atoms with Gasteiger partial charge in [-0.05, 0) is 97.9 Å². The molecule has 1 fully saturated rings. The molecule has 11 heteroatoms. The molecule has 11 nitrogen and oxygen atoms in total. The molecule has 0 bridgehead atoms. The Hall–Kier alpha value is -3.70. The zero-order chi connectivity index (χ0) is 33.3. The van der Waals surface area contributed by atoms with E-state index in [1.807, 2.05) is 45.0 Å². The van der Waals surface area contributed by atoms with Crippen LogP contribution >= 0.6 is 0 Å². The minimum absolute atomic E-state index is 0.0623. The minimum Gasteiger partial charge on any atom is -0.459 e. The summed E-state index contributed by atoms with van der Waals surface area (Å²) in [4.78, 5) is 45.0. The highest BCUT2D eigenvalue weighted by atomic mass is 16.6. The Kier molecular flexibility index (Phi) is 10.1. The van der Waals surface area contributed by atoms with E-state index < -0.39 is 29.3 Å². The number of carbonyl (C=O) groups is 2. The standard InChI is InChI=1S/C34H49N5O6/c1-21-15-25(20-37(9)30(21)41)29-36-26-13-12-23(17-35-28(22(2)40)31(42)44-33(3,4)5)16-27(26)39(29)19-24-11-10-14-38(18-24)32(43)45-34(6,7)8/h12-13,15-16,20,22,24,28,35,40H,10-11,14,17-19H2,1-9H3/t22-,24+,28+/m1/s1. The maximum Gasteiger partial charge on any atom is 0.410 e. The number of piperidine rings is 1. The number of aliphatic hydroxyl groups excluding tert-OH is 1. The third-order valence-corrected chi connectivity index (χ3v) is 7.71. The molecule has 1 amide bonds. The number of amides is 1. The first-order chi connectivity index (χ1) is 20.9. The maximum absolute atomic E-state index is 12.9. The van der Waals surface area contributed by atoms with Gasteiger partial charge in [-0.3, -0.25) is 14.9 Å². The number of ether oxygens (including phenoxy) is 2. The summed E-state index contributed by atoms with van der Waals surface area (Å²) in [6, 6.07) is 6.90. The van der Waals surface area contributed by atoms with Crippen molar-refractivity contribution in [3.63, 3.8) is 0 Å². The number of aromatic nitrogens is 3. The van der Waals surface area contributed by atoms with Crippen LogP contribution in [-0.2, 0) is 34.4 Å². The first-order valence-corrected chi connectivity index (χ1v) is 15.7. The summed E-state index contributed by atoms with van der Waals surface area (Å²) in [5, 5.41) is 13.5. The van der Waals surface area contributed by atoms with Crippen molar-refractivity contribution in [3.8, 4) is 11.4 Å². The van der Waals surface area contributed by atoms with Crippen molar-refractivity contribution in [2.75, 3.05) is 13.1 Å². The van der Waals surface area contributed by atoms with Gasteiger partial charge in [-0.25, -0.2) is 9.78 Å². The lowest BCUT2D eigenvalue weighted by molar-refractivity contribution is -0.160. The third kappa shape index (κ3) is 8.73. The Morgan fingerprint density at radius 2 is 1.80 bits per heavy atom. The molecular formula is C34H49N5O6. The molecule has 45 heavy (non-hydrogen) atoms. The highest BCUT2D eigenvalue weighted by Crippen LogP contribution is 2.29. The van der Waals surface area contributed by atoms with Crippen LogP contribution in [0.3, 0.4) is 0 Å². The van der Waals surface area contributed by atoms with Gasteiger partial charge in [0.15, 0.2) is 0 Å². The van der Waals surface area contributed by atoms with Gasteiger partial charge in [0.05, 0.1) is 17.1 Å². The number of benzene rings is 1. The molecule has 0 aliphatic carbocycles. The summed E-state index contributed by atoms with van der Waals surface area (Å²) < 4.78 is 14.9. The van der Waals surface area contributed by atoms with Crippen LogP contribution in [0.25, 0.3) is 22.4 Å². The fraction of sp³-hybridized carbons (Fsp3) is 0.588. The minimum atomic E-state index is -0.951. The molecule has 3 aromatic rings. The van der Waals surface area contributed by atoms with Crippen molar-refractivity contribution in [1.29, 1.82) is 0 Å². The molecule has 1 saturated heterocycles. The quantitative estimate of drug-likeness (QED) is 0.350. The Labute approximate surface area is 265 Å². The molecule has 0 saturated carbocycles. The molecule has 0 radical (unpaired) electrons. The molecule has 4 rings (SSSR count). The van der Waals surface area contributed by atoms with Gasteiger partial charge in [-0.15, -0.1) is 0 Å². The van der Waals surface area contributed by atoms with Crippen molar-refractivity contribution in [2.45, 2.75) is 105 Å². The van der Waals surface area contributed by atoms with Gasteiger partial charge in [0.2, 0.25) is 0 Å². The number of nitrogens with zero attached hydrogens (tertiary/aromatic N) is 4. The summed E-state index contributed by atoms with van der Waals surface area (Å²) >= 11 is 0. The van der Waals surface area contributed by atoms with Gasteiger partial charge in [0.1, 0.15) is 23.1 Å². The normalized spacial score (nSPS) is 17.3. The number of nitrogens with one attached hydrogen (secondary N) is 1. The van der Waals surface area contributed by atoms with Crippen molar-refractivity contribution in [3.05, 3.63) is 51.9 Å². The zero-order valence-electron chi connectivity index (χ0n) is 28.1. The average Bonchev–Trinajstić information content (AvgIpc) is 3.27. The highest BCUT2D eigenvalue weighted by Gasteiger charge is 2.30. The van der Waals surface area contributed by atoms with Crippen LogP contribution in [0.5, 0.6) is 0 Å². The molecule has 3 heterocycles. The summed E-state index contributed by atoms with van der Waals surface area (Å²) in [6.07, 6.45) is 2.36. The Balaban J connectivity index is 1.68. The molecule has 0 unspecified atom stereocenters. The first-order valence-electron chi connectivity index (χ1n) is 15.7. The maximum atomic E-state index is 12.9. The van der Waals surface area contributed by atoms with E-state index in [4.69, 9.17) is 14.5 Å². The largest absolute Gasteiger partial charge is 0.459 e. The SMILES string of the molecule is Cc1cc(-c2nc3ccc(CN[C@H](C(=O)OC(C)(C)C)[C@@H](C)O)cc3n2C[C@H]2CCCN(C(=O)OC(C)(C)C)C2)cn(C)c1=O. The van der Waals surface area contributed by atoms with E-state index in [1.165, 1.54) is 0 Å². The predicted molar refractivity (Wildman–Crippen MR) is 174 cm³/mol. The van der Waals surface area contributed by atoms with E-state index in [1.54, 1.807) is 57.3 Å². The van der Waals surface area contributed by atoms with Gasteiger partial charge in [0, 0.05) is 50.6 Å². The van der Waals surface area contributed by atoms with E-state index in [9.17, 15) is 19.5 Å². The van der Waals surface area contributed by atoms with Crippen LogP contribution in [0.1, 0.15) is 72.4 Å². The number of fused-ring (bicyclic) bond motifs is 1. The summed E-state index contributed by atoms with van der Waals surface area (Å²) in [5.41, 5.74) is 2.73. The Bertz CT molecular complexity index is 1570. The number of rotatable bonds is 8. The van der Waals surface area contributed by atoms with E-state index in [-0.39, 0.29) is 17.6 Å².